The largest absolute Gasteiger partial charge is 0.436 e. The third-order valence-electron chi connectivity index (χ3n) is 2.64. The van der Waals surface area contributed by atoms with Crippen molar-refractivity contribution in [3.63, 3.8) is 0 Å². The summed E-state index contributed by atoms with van der Waals surface area (Å²) in [6, 6.07) is 4.64. The normalized spacial score (nSPS) is 12.7. The molecule has 1 atom stereocenters. The van der Waals surface area contributed by atoms with E-state index in [4.69, 9.17) is 4.42 Å². The van der Waals surface area contributed by atoms with Gasteiger partial charge in [-0.15, -0.1) is 0 Å². The van der Waals surface area contributed by atoms with Crippen LogP contribution >= 0.6 is 11.8 Å². The first-order valence-electron chi connectivity index (χ1n) is 5.56. The fourth-order valence-electron chi connectivity index (χ4n) is 1.44. The Balaban J connectivity index is 2.24. The van der Waals surface area contributed by atoms with E-state index in [0.717, 1.165) is 23.2 Å². The Morgan fingerprint density at radius 3 is 2.61 bits per heavy atom. The van der Waals surface area contributed by atoms with Crippen LogP contribution in [0, 0.1) is 19.7 Å². The summed E-state index contributed by atoms with van der Waals surface area (Å²) in [5, 5.41) is 9.79. The van der Waals surface area contributed by atoms with Crippen LogP contribution in [0.2, 0.25) is 0 Å². The summed E-state index contributed by atoms with van der Waals surface area (Å²) in [5.41, 5.74) is 1.36. The first-order valence-corrected chi connectivity index (χ1v) is 6.38. The zero-order valence-electron chi connectivity index (χ0n) is 10.4. The second-order valence-electron chi connectivity index (χ2n) is 4.09. The van der Waals surface area contributed by atoms with E-state index in [1.165, 1.54) is 6.07 Å². The van der Waals surface area contributed by atoms with Gasteiger partial charge in [0, 0.05) is 0 Å². The smallest absolute Gasteiger partial charge is 0.261 e. The molecule has 0 aliphatic heterocycles. The molecule has 0 fully saturated rings. The molecule has 0 aliphatic carbocycles. The lowest BCUT2D eigenvalue weighted by atomic mass is 10.1. The van der Waals surface area contributed by atoms with Gasteiger partial charge in [0.2, 0.25) is 0 Å². The number of aliphatic hydroxyl groups excluding tert-OH is 1. The average molecular weight is 267 g/mol. The molecule has 0 unspecified atom stereocenters. The number of aromatic nitrogens is 1. The minimum absolute atomic E-state index is 0.382. The van der Waals surface area contributed by atoms with E-state index < -0.39 is 6.10 Å². The Kier molecular flexibility index (Phi) is 3.73. The number of nitrogens with zero attached hydrogens (tertiary/aromatic N) is 1. The van der Waals surface area contributed by atoms with Gasteiger partial charge in [0.05, 0.1) is 16.7 Å². The molecular weight excluding hydrogens is 253 g/mol. The van der Waals surface area contributed by atoms with Crippen molar-refractivity contribution in [3.05, 3.63) is 41.0 Å². The number of hydrogen-bond donors (Lipinski definition) is 1. The molecule has 0 saturated carbocycles. The molecule has 2 aromatic rings. The van der Waals surface area contributed by atoms with E-state index in [1.54, 1.807) is 19.1 Å². The van der Waals surface area contributed by atoms with E-state index in [0.29, 0.717) is 15.7 Å². The Morgan fingerprint density at radius 2 is 2.11 bits per heavy atom. The van der Waals surface area contributed by atoms with Crippen molar-refractivity contribution >= 4 is 11.8 Å². The lowest BCUT2D eigenvalue weighted by Gasteiger charge is -2.06. The van der Waals surface area contributed by atoms with Crippen LogP contribution in [0.4, 0.5) is 4.39 Å². The van der Waals surface area contributed by atoms with Crippen molar-refractivity contribution in [3.8, 4) is 0 Å². The van der Waals surface area contributed by atoms with E-state index in [-0.39, 0.29) is 5.82 Å². The van der Waals surface area contributed by atoms with Gasteiger partial charge >= 0.3 is 0 Å². The minimum atomic E-state index is -0.676. The number of aliphatic hydroxyl groups is 1. The highest BCUT2D eigenvalue weighted by atomic mass is 32.2. The summed E-state index contributed by atoms with van der Waals surface area (Å²) in [4.78, 5) is 4.62. The van der Waals surface area contributed by atoms with Gasteiger partial charge in [-0.05, 0) is 50.2 Å². The van der Waals surface area contributed by atoms with Gasteiger partial charge in [0.15, 0.2) is 0 Å². The molecule has 1 N–H and O–H groups in total. The van der Waals surface area contributed by atoms with E-state index in [2.05, 4.69) is 4.98 Å². The van der Waals surface area contributed by atoms with Crippen molar-refractivity contribution in [2.24, 2.45) is 0 Å². The topological polar surface area (TPSA) is 46.3 Å². The average Bonchev–Trinajstić information content (AvgIpc) is 2.61. The van der Waals surface area contributed by atoms with Crippen LogP contribution in [0.5, 0.6) is 0 Å². The summed E-state index contributed by atoms with van der Waals surface area (Å²) in [7, 11) is 0. The fraction of sp³-hybridized carbons (Fsp3) is 0.308. The Bertz CT molecular complexity index is 547. The van der Waals surface area contributed by atoms with E-state index >= 15 is 0 Å². The zero-order valence-corrected chi connectivity index (χ0v) is 11.2. The molecule has 0 radical (unpaired) electrons. The molecule has 0 aliphatic rings. The van der Waals surface area contributed by atoms with Crippen LogP contribution in [0.1, 0.15) is 30.0 Å². The second-order valence-corrected chi connectivity index (χ2v) is 5.08. The number of hydrogen-bond acceptors (Lipinski definition) is 4. The second kappa shape index (κ2) is 5.12. The quantitative estimate of drug-likeness (QED) is 0.922. The molecule has 0 spiro atoms. The number of oxazole rings is 1. The first-order chi connectivity index (χ1) is 8.47. The molecule has 1 aromatic carbocycles. The zero-order chi connectivity index (χ0) is 13.3. The summed E-state index contributed by atoms with van der Waals surface area (Å²) in [5.74, 6) is 0.352. The van der Waals surface area contributed by atoms with Crippen molar-refractivity contribution in [2.45, 2.75) is 37.0 Å². The van der Waals surface area contributed by atoms with Crippen molar-refractivity contribution in [1.82, 2.24) is 4.98 Å². The van der Waals surface area contributed by atoms with Gasteiger partial charge in [-0.1, -0.05) is 6.07 Å². The number of halogens is 1. The molecule has 18 heavy (non-hydrogen) atoms. The van der Waals surface area contributed by atoms with Gasteiger partial charge < -0.3 is 9.52 Å². The highest BCUT2D eigenvalue weighted by Gasteiger charge is 2.12. The Hall–Kier alpha value is -1.33. The van der Waals surface area contributed by atoms with E-state index in [1.807, 2.05) is 13.8 Å². The van der Waals surface area contributed by atoms with Gasteiger partial charge in [-0.3, -0.25) is 0 Å². The molecule has 3 nitrogen and oxygen atoms in total. The molecule has 1 aromatic heterocycles. The predicted molar refractivity (Wildman–Crippen MR) is 67.1 cm³/mol. The van der Waals surface area contributed by atoms with Crippen LogP contribution in [0.3, 0.4) is 0 Å². The van der Waals surface area contributed by atoms with Gasteiger partial charge in [0.1, 0.15) is 11.6 Å². The maximum atomic E-state index is 13.8. The first kappa shape index (κ1) is 13.1. The van der Waals surface area contributed by atoms with Crippen LogP contribution in [0.25, 0.3) is 0 Å². The number of aryl methyl sites for hydroxylation is 2. The van der Waals surface area contributed by atoms with Crippen LogP contribution in [-0.4, -0.2) is 10.1 Å². The fourth-order valence-corrected chi connectivity index (χ4v) is 2.27. The van der Waals surface area contributed by atoms with Gasteiger partial charge in [0.25, 0.3) is 5.22 Å². The SMILES string of the molecule is Cc1nc(Sc2ccc([C@@H](C)O)cc2F)oc1C. The third-order valence-corrected chi connectivity index (χ3v) is 3.54. The van der Waals surface area contributed by atoms with Crippen molar-refractivity contribution in [2.75, 3.05) is 0 Å². The molecule has 2 rings (SSSR count). The Morgan fingerprint density at radius 1 is 1.39 bits per heavy atom. The van der Waals surface area contributed by atoms with Gasteiger partial charge in [-0.2, -0.15) is 0 Å². The molecule has 0 amide bonds. The Labute approximate surface area is 109 Å². The molecule has 96 valence electrons. The van der Waals surface area contributed by atoms with E-state index in [9.17, 15) is 9.50 Å². The maximum absolute atomic E-state index is 13.8. The standard InChI is InChI=1S/C13H14FNO2S/c1-7-9(3)17-13(15-7)18-12-5-4-10(8(2)16)6-11(12)14/h4-6,8,16H,1-3H3/t8-/m1/s1. The lowest BCUT2D eigenvalue weighted by Crippen LogP contribution is -1.92. The van der Waals surface area contributed by atoms with Crippen molar-refractivity contribution < 1.29 is 13.9 Å². The maximum Gasteiger partial charge on any atom is 0.261 e. The number of rotatable bonds is 3. The third kappa shape index (κ3) is 2.73. The summed E-state index contributed by atoms with van der Waals surface area (Å²) in [6.07, 6.45) is -0.676. The predicted octanol–water partition coefficient (Wildman–Crippen LogP) is 3.64. The molecule has 0 bridgehead atoms. The minimum Gasteiger partial charge on any atom is -0.436 e. The number of benzene rings is 1. The summed E-state index contributed by atoms with van der Waals surface area (Å²) in [6.45, 7) is 5.26. The lowest BCUT2D eigenvalue weighted by molar-refractivity contribution is 0.198. The van der Waals surface area contributed by atoms with Gasteiger partial charge in [-0.25, -0.2) is 9.37 Å². The molecule has 1 heterocycles. The van der Waals surface area contributed by atoms with Crippen LogP contribution in [-0.2, 0) is 0 Å². The molecule has 5 heteroatoms. The summed E-state index contributed by atoms with van der Waals surface area (Å²) >= 11 is 1.14. The molecular formula is C13H14FNO2S. The summed E-state index contributed by atoms with van der Waals surface area (Å²) < 4.78 is 19.2. The molecule has 0 saturated heterocycles. The highest BCUT2D eigenvalue weighted by molar-refractivity contribution is 7.99. The van der Waals surface area contributed by atoms with Crippen LogP contribution < -0.4 is 0 Å². The monoisotopic (exact) mass is 267 g/mol. The van der Waals surface area contributed by atoms with Crippen LogP contribution in [0.15, 0.2) is 32.7 Å². The highest BCUT2D eigenvalue weighted by Crippen LogP contribution is 2.31. The van der Waals surface area contributed by atoms with Crippen molar-refractivity contribution in [1.29, 1.82) is 0 Å².